The number of fused-ring (bicyclic) bond motifs is 1. The number of hydrogen-bond acceptors (Lipinski definition) is 6. The van der Waals surface area contributed by atoms with Crippen molar-refractivity contribution in [1.82, 2.24) is 5.06 Å². The van der Waals surface area contributed by atoms with Crippen LogP contribution in [0.5, 0.6) is 0 Å². The summed E-state index contributed by atoms with van der Waals surface area (Å²) in [6, 6.07) is 6.24. The molecular formula is C16H15NO6. The van der Waals surface area contributed by atoms with E-state index in [1.807, 2.05) is 0 Å². The molecule has 7 nitrogen and oxygen atoms in total. The summed E-state index contributed by atoms with van der Waals surface area (Å²) in [4.78, 5) is 53.3. The molecule has 1 fully saturated rings. The van der Waals surface area contributed by atoms with Crippen LogP contribution in [0.25, 0.3) is 0 Å². The van der Waals surface area contributed by atoms with Gasteiger partial charge in [0.25, 0.3) is 11.8 Å². The van der Waals surface area contributed by atoms with E-state index in [-0.39, 0.29) is 11.1 Å². The third-order valence-corrected chi connectivity index (χ3v) is 4.26. The van der Waals surface area contributed by atoms with Crippen LogP contribution < -0.4 is 0 Å². The van der Waals surface area contributed by atoms with Crippen LogP contribution in [-0.4, -0.2) is 35.9 Å². The van der Waals surface area contributed by atoms with Crippen molar-refractivity contribution in [2.75, 3.05) is 7.11 Å². The summed E-state index contributed by atoms with van der Waals surface area (Å²) in [5.41, 5.74) is 0.391. The first-order chi connectivity index (χ1) is 11.0. The summed E-state index contributed by atoms with van der Waals surface area (Å²) < 4.78 is 4.68. The Morgan fingerprint density at radius 3 is 2.04 bits per heavy atom. The van der Waals surface area contributed by atoms with Crippen molar-refractivity contribution in [3.8, 4) is 0 Å². The molecule has 0 saturated heterocycles. The van der Waals surface area contributed by atoms with E-state index in [1.165, 1.54) is 19.2 Å². The number of methoxy groups -OCH3 is 1. The Morgan fingerprint density at radius 2 is 1.52 bits per heavy atom. The smallest absolute Gasteiger partial charge is 0.337 e. The summed E-state index contributed by atoms with van der Waals surface area (Å²) >= 11 is 0. The highest BCUT2D eigenvalue weighted by Crippen LogP contribution is 2.34. The number of hydrogen-bond donors (Lipinski definition) is 0. The number of benzene rings is 1. The van der Waals surface area contributed by atoms with Crippen LogP contribution in [0.1, 0.15) is 40.0 Å². The highest BCUT2D eigenvalue weighted by Gasteiger charge is 2.44. The Morgan fingerprint density at radius 1 is 1.00 bits per heavy atom. The van der Waals surface area contributed by atoms with Crippen LogP contribution in [0.4, 0.5) is 0 Å². The van der Waals surface area contributed by atoms with Crippen LogP contribution in [0.2, 0.25) is 0 Å². The standard InChI is InChI=1S/C16H15NO6/c1-22-15(20)11-7-4-8-12(11)16(21)23-17-13(18)9-5-2-3-6-10(9)14(17)19/h2-3,5-6,11-12H,4,7-8H2,1H3/t11-,12+/m1/s1. The van der Waals surface area contributed by atoms with E-state index in [0.29, 0.717) is 24.3 Å². The number of carbonyl (C=O) groups is 4. The molecule has 3 rings (SSSR count). The summed E-state index contributed by atoms with van der Waals surface area (Å²) in [5.74, 6) is -3.88. The van der Waals surface area contributed by atoms with Gasteiger partial charge in [0.1, 0.15) is 0 Å². The molecule has 0 spiro atoms. The third kappa shape index (κ3) is 2.48. The van der Waals surface area contributed by atoms with Crippen molar-refractivity contribution in [2.24, 2.45) is 11.8 Å². The predicted octanol–water partition coefficient (Wildman–Crippen LogP) is 1.33. The minimum absolute atomic E-state index is 0.196. The van der Waals surface area contributed by atoms with Gasteiger partial charge in [-0.1, -0.05) is 23.6 Å². The fraction of sp³-hybridized carbons (Fsp3) is 0.375. The first kappa shape index (κ1) is 15.2. The molecule has 0 radical (unpaired) electrons. The summed E-state index contributed by atoms with van der Waals surface area (Å²) in [6.07, 6.45) is 1.66. The van der Waals surface area contributed by atoms with E-state index in [0.717, 1.165) is 0 Å². The van der Waals surface area contributed by atoms with E-state index >= 15 is 0 Å². The molecule has 1 heterocycles. The maximum absolute atomic E-state index is 12.3. The molecule has 120 valence electrons. The van der Waals surface area contributed by atoms with E-state index in [4.69, 9.17) is 4.84 Å². The molecule has 1 aromatic rings. The van der Waals surface area contributed by atoms with Crippen molar-refractivity contribution in [3.63, 3.8) is 0 Å². The molecule has 0 unspecified atom stereocenters. The number of ether oxygens (including phenoxy) is 1. The maximum Gasteiger partial charge on any atom is 0.337 e. The van der Waals surface area contributed by atoms with Gasteiger partial charge >= 0.3 is 11.9 Å². The number of hydroxylamine groups is 2. The molecule has 0 N–H and O–H groups in total. The monoisotopic (exact) mass is 317 g/mol. The number of carbonyl (C=O) groups excluding carboxylic acids is 4. The normalized spacial score (nSPS) is 22.9. The largest absolute Gasteiger partial charge is 0.469 e. The topological polar surface area (TPSA) is 90.0 Å². The molecule has 0 bridgehead atoms. The van der Waals surface area contributed by atoms with E-state index in [9.17, 15) is 19.2 Å². The van der Waals surface area contributed by atoms with Gasteiger partial charge in [0, 0.05) is 0 Å². The predicted molar refractivity (Wildman–Crippen MR) is 75.9 cm³/mol. The molecule has 0 aromatic heterocycles. The van der Waals surface area contributed by atoms with Crippen molar-refractivity contribution < 1.29 is 28.8 Å². The molecule has 23 heavy (non-hydrogen) atoms. The van der Waals surface area contributed by atoms with Gasteiger partial charge in [0.15, 0.2) is 0 Å². The molecule has 1 aromatic carbocycles. The zero-order chi connectivity index (χ0) is 16.6. The summed E-state index contributed by atoms with van der Waals surface area (Å²) in [5, 5.41) is 0.472. The Bertz CT molecular complexity index is 663. The molecular weight excluding hydrogens is 302 g/mol. The minimum atomic E-state index is -0.757. The fourth-order valence-electron chi connectivity index (χ4n) is 3.08. The number of imide groups is 1. The second-order valence-corrected chi connectivity index (χ2v) is 5.53. The Hall–Kier alpha value is -2.70. The van der Waals surface area contributed by atoms with Crippen LogP contribution in [0.15, 0.2) is 24.3 Å². The first-order valence-corrected chi connectivity index (χ1v) is 7.32. The quantitative estimate of drug-likeness (QED) is 0.617. The number of nitrogens with zero attached hydrogens (tertiary/aromatic N) is 1. The molecule has 2 aliphatic rings. The lowest BCUT2D eigenvalue weighted by Gasteiger charge is -2.19. The van der Waals surface area contributed by atoms with Crippen LogP contribution >= 0.6 is 0 Å². The Labute approximate surface area is 132 Å². The highest BCUT2D eigenvalue weighted by molar-refractivity contribution is 6.20. The highest BCUT2D eigenvalue weighted by atomic mass is 16.7. The average Bonchev–Trinajstić information content (AvgIpc) is 3.14. The van der Waals surface area contributed by atoms with Gasteiger partial charge in [-0.15, -0.1) is 0 Å². The maximum atomic E-state index is 12.3. The zero-order valence-corrected chi connectivity index (χ0v) is 12.5. The second-order valence-electron chi connectivity index (χ2n) is 5.53. The van der Waals surface area contributed by atoms with Crippen LogP contribution in [0, 0.1) is 11.8 Å². The number of amides is 2. The summed E-state index contributed by atoms with van der Waals surface area (Å²) in [7, 11) is 1.26. The minimum Gasteiger partial charge on any atom is -0.469 e. The average molecular weight is 317 g/mol. The van der Waals surface area contributed by atoms with E-state index in [2.05, 4.69) is 4.74 Å². The van der Waals surface area contributed by atoms with Crippen LogP contribution in [0.3, 0.4) is 0 Å². The van der Waals surface area contributed by atoms with Gasteiger partial charge in [-0.25, -0.2) is 4.79 Å². The van der Waals surface area contributed by atoms with Gasteiger partial charge < -0.3 is 9.57 Å². The van der Waals surface area contributed by atoms with Crippen LogP contribution in [-0.2, 0) is 19.2 Å². The molecule has 7 heteroatoms. The lowest BCUT2D eigenvalue weighted by molar-refractivity contribution is -0.177. The van der Waals surface area contributed by atoms with Crippen molar-refractivity contribution >= 4 is 23.8 Å². The van der Waals surface area contributed by atoms with E-state index < -0.39 is 35.6 Å². The molecule has 1 aliphatic heterocycles. The van der Waals surface area contributed by atoms with Gasteiger partial charge in [-0.3, -0.25) is 14.4 Å². The Kier molecular flexibility index (Phi) is 3.85. The Balaban J connectivity index is 1.75. The second kappa shape index (κ2) is 5.83. The van der Waals surface area contributed by atoms with Crippen molar-refractivity contribution in [3.05, 3.63) is 35.4 Å². The van der Waals surface area contributed by atoms with Crippen molar-refractivity contribution in [2.45, 2.75) is 19.3 Å². The summed E-state index contributed by atoms with van der Waals surface area (Å²) in [6.45, 7) is 0. The lowest BCUT2D eigenvalue weighted by atomic mass is 9.96. The lowest BCUT2D eigenvalue weighted by Crippen LogP contribution is -2.37. The third-order valence-electron chi connectivity index (χ3n) is 4.26. The molecule has 2 amide bonds. The van der Waals surface area contributed by atoms with E-state index in [1.54, 1.807) is 12.1 Å². The van der Waals surface area contributed by atoms with Gasteiger partial charge in [-0.2, -0.15) is 0 Å². The molecule has 1 saturated carbocycles. The molecule has 1 aliphatic carbocycles. The van der Waals surface area contributed by atoms with Gasteiger partial charge in [-0.05, 0) is 25.0 Å². The van der Waals surface area contributed by atoms with Crippen molar-refractivity contribution in [1.29, 1.82) is 0 Å². The van der Waals surface area contributed by atoms with Gasteiger partial charge in [0.05, 0.1) is 30.1 Å². The zero-order valence-electron chi connectivity index (χ0n) is 12.5. The van der Waals surface area contributed by atoms with Gasteiger partial charge in [0.2, 0.25) is 0 Å². The number of rotatable bonds is 3. The first-order valence-electron chi connectivity index (χ1n) is 7.32. The fourth-order valence-corrected chi connectivity index (χ4v) is 3.08. The molecule has 2 atom stereocenters. The SMILES string of the molecule is COC(=O)[C@@H]1CCC[C@@H]1C(=O)ON1C(=O)c2ccccc2C1=O. The number of esters is 1.